The number of benzene rings is 1. The molecule has 1 heterocycles. The lowest BCUT2D eigenvalue weighted by atomic mass is 10.1. The van der Waals surface area contributed by atoms with E-state index in [4.69, 9.17) is 9.84 Å². The number of hydrogen-bond donors (Lipinski definition) is 2. The van der Waals surface area contributed by atoms with Crippen LogP contribution >= 0.6 is 0 Å². The molecule has 1 saturated heterocycles. The molecule has 1 aromatic carbocycles. The Hall–Kier alpha value is -2.57. The molecule has 7 heteroatoms. The predicted octanol–water partition coefficient (Wildman–Crippen LogP) is 1.02. The molecule has 24 heavy (non-hydrogen) atoms. The summed E-state index contributed by atoms with van der Waals surface area (Å²) in [6.07, 6.45) is 0.816. The summed E-state index contributed by atoms with van der Waals surface area (Å²) in [5.74, 6) is -0.557. The summed E-state index contributed by atoms with van der Waals surface area (Å²) in [5, 5.41) is 11.4. The van der Waals surface area contributed by atoms with Gasteiger partial charge in [0.05, 0.1) is 12.5 Å². The van der Waals surface area contributed by atoms with Crippen LogP contribution in [-0.4, -0.2) is 48.0 Å². The Morgan fingerprint density at radius 2 is 2.04 bits per heavy atom. The number of nitrogens with zero attached hydrogens (tertiary/aromatic N) is 1. The maximum atomic E-state index is 12.0. The van der Waals surface area contributed by atoms with Crippen LogP contribution in [0.3, 0.4) is 0 Å². The minimum atomic E-state index is -0.833. The standard InChI is InChI=1S/C17H22N2O5/c1-19-11-13(9-15(19)20)17(23)18-10-12-4-6-14(7-5-12)24-8-2-3-16(21)22/h4-7,13H,2-3,8-11H2,1H3,(H,18,23)(H,21,22)/t13-/m0/s1. The van der Waals surface area contributed by atoms with E-state index in [0.717, 1.165) is 5.56 Å². The number of rotatable bonds is 8. The number of amides is 2. The van der Waals surface area contributed by atoms with Crippen LogP contribution in [0.25, 0.3) is 0 Å². The number of carboxylic acids is 1. The minimum Gasteiger partial charge on any atom is -0.494 e. The van der Waals surface area contributed by atoms with Crippen molar-refractivity contribution in [2.24, 2.45) is 5.92 Å². The lowest BCUT2D eigenvalue weighted by molar-refractivity contribution is -0.137. The van der Waals surface area contributed by atoms with E-state index < -0.39 is 5.97 Å². The second-order valence-corrected chi connectivity index (χ2v) is 5.88. The van der Waals surface area contributed by atoms with Crippen LogP contribution in [0.2, 0.25) is 0 Å². The van der Waals surface area contributed by atoms with Crippen molar-refractivity contribution in [3.8, 4) is 5.75 Å². The number of carbonyl (C=O) groups is 3. The number of hydrogen-bond acceptors (Lipinski definition) is 4. The van der Waals surface area contributed by atoms with Crippen LogP contribution in [0.5, 0.6) is 5.75 Å². The molecule has 0 saturated carbocycles. The smallest absolute Gasteiger partial charge is 0.303 e. The predicted molar refractivity (Wildman–Crippen MR) is 86.4 cm³/mol. The van der Waals surface area contributed by atoms with E-state index in [1.165, 1.54) is 0 Å². The molecule has 0 aliphatic carbocycles. The third-order valence-electron chi connectivity index (χ3n) is 3.91. The Bertz CT molecular complexity index is 600. The zero-order chi connectivity index (χ0) is 17.5. The molecule has 2 N–H and O–H groups in total. The molecule has 0 radical (unpaired) electrons. The molecule has 1 aliphatic rings. The summed E-state index contributed by atoms with van der Waals surface area (Å²) >= 11 is 0. The van der Waals surface area contributed by atoms with Gasteiger partial charge in [0.15, 0.2) is 0 Å². The molecule has 0 unspecified atom stereocenters. The fourth-order valence-corrected chi connectivity index (χ4v) is 2.49. The van der Waals surface area contributed by atoms with E-state index in [2.05, 4.69) is 5.32 Å². The molecule has 2 amide bonds. The van der Waals surface area contributed by atoms with Crippen molar-refractivity contribution in [2.75, 3.05) is 20.2 Å². The van der Waals surface area contributed by atoms with Gasteiger partial charge in [-0.2, -0.15) is 0 Å². The maximum Gasteiger partial charge on any atom is 0.303 e. The molecule has 0 aromatic heterocycles. The highest BCUT2D eigenvalue weighted by atomic mass is 16.5. The van der Waals surface area contributed by atoms with Crippen molar-refractivity contribution in [3.05, 3.63) is 29.8 Å². The second-order valence-electron chi connectivity index (χ2n) is 5.88. The molecule has 1 aromatic rings. The molecular formula is C17H22N2O5. The van der Waals surface area contributed by atoms with Crippen LogP contribution < -0.4 is 10.1 Å². The number of nitrogens with one attached hydrogen (secondary N) is 1. The largest absolute Gasteiger partial charge is 0.494 e. The molecule has 2 rings (SSSR count). The first kappa shape index (κ1) is 17.8. The normalized spacial score (nSPS) is 17.0. The number of aliphatic carboxylic acids is 1. The first-order chi connectivity index (χ1) is 11.5. The van der Waals surface area contributed by atoms with Gasteiger partial charge in [0.25, 0.3) is 0 Å². The van der Waals surface area contributed by atoms with Gasteiger partial charge < -0.3 is 20.1 Å². The van der Waals surface area contributed by atoms with Gasteiger partial charge in [0, 0.05) is 33.0 Å². The summed E-state index contributed by atoms with van der Waals surface area (Å²) in [4.78, 5) is 35.5. The van der Waals surface area contributed by atoms with E-state index in [-0.39, 0.29) is 30.6 Å². The quantitative estimate of drug-likeness (QED) is 0.692. The first-order valence-corrected chi connectivity index (χ1v) is 7.91. The fraction of sp³-hybridized carbons (Fsp3) is 0.471. The summed E-state index contributed by atoms with van der Waals surface area (Å²) in [6.45, 7) is 1.21. The minimum absolute atomic E-state index is 0.000417. The van der Waals surface area contributed by atoms with Gasteiger partial charge in [-0.3, -0.25) is 14.4 Å². The van der Waals surface area contributed by atoms with Crippen molar-refractivity contribution >= 4 is 17.8 Å². The summed E-state index contributed by atoms with van der Waals surface area (Å²) in [7, 11) is 1.70. The average Bonchev–Trinajstić information content (AvgIpc) is 2.89. The summed E-state index contributed by atoms with van der Waals surface area (Å²) in [5.41, 5.74) is 0.930. The lowest BCUT2D eigenvalue weighted by Gasteiger charge is -2.11. The highest BCUT2D eigenvalue weighted by molar-refractivity contribution is 5.89. The lowest BCUT2D eigenvalue weighted by Crippen LogP contribution is -2.31. The van der Waals surface area contributed by atoms with Gasteiger partial charge in [0.2, 0.25) is 11.8 Å². The van der Waals surface area contributed by atoms with Crippen LogP contribution in [0.1, 0.15) is 24.8 Å². The molecule has 1 fully saturated rings. The summed E-state index contributed by atoms with van der Waals surface area (Å²) < 4.78 is 5.45. The van der Waals surface area contributed by atoms with E-state index in [9.17, 15) is 14.4 Å². The van der Waals surface area contributed by atoms with Gasteiger partial charge >= 0.3 is 5.97 Å². The molecule has 130 valence electrons. The third-order valence-corrected chi connectivity index (χ3v) is 3.91. The highest BCUT2D eigenvalue weighted by Gasteiger charge is 2.31. The van der Waals surface area contributed by atoms with E-state index >= 15 is 0 Å². The molecule has 0 bridgehead atoms. The van der Waals surface area contributed by atoms with Crippen molar-refractivity contribution in [2.45, 2.75) is 25.8 Å². The molecule has 1 atom stereocenters. The van der Waals surface area contributed by atoms with Crippen LogP contribution in [0, 0.1) is 5.92 Å². The van der Waals surface area contributed by atoms with Crippen molar-refractivity contribution in [1.82, 2.24) is 10.2 Å². The SMILES string of the molecule is CN1C[C@@H](C(=O)NCc2ccc(OCCCC(=O)O)cc2)CC1=O. The van der Waals surface area contributed by atoms with Crippen LogP contribution in [0.4, 0.5) is 0 Å². The Kier molecular flexibility index (Phi) is 6.17. The Morgan fingerprint density at radius 1 is 1.33 bits per heavy atom. The fourth-order valence-electron chi connectivity index (χ4n) is 2.49. The molecular weight excluding hydrogens is 312 g/mol. The van der Waals surface area contributed by atoms with Gasteiger partial charge in [-0.25, -0.2) is 0 Å². The number of ether oxygens (including phenoxy) is 1. The topological polar surface area (TPSA) is 95.9 Å². The van der Waals surface area contributed by atoms with Gasteiger partial charge in [0.1, 0.15) is 5.75 Å². The monoisotopic (exact) mass is 334 g/mol. The summed E-state index contributed by atoms with van der Waals surface area (Å²) in [6, 6.07) is 7.27. The zero-order valence-electron chi connectivity index (χ0n) is 13.7. The van der Waals surface area contributed by atoms with Crippen molar-refractivity contribution in [1.29, 1.82) is 0 Å². The van der Waals surface area contributed by atoms with Crippen molar-refractivity contribution < 1.29 is 24.2 Å². The Labute approximate surface area is 140 Å². The van der Waals surface area contributed by atoms with E-state index in [1.54, 1.807) is 24.1 Å². The van der Waals surface area contributed by atoms with Gasteiger partial charge in [-0.05, 0) is 24.1 Å². The maximum absolute atomic E-state index is 12.0. The highest BCUT2D eigenvalue weighted by Crippen LogP contribution is 2.17. The molecule has 7 nitrogen and oxygen atoms in total. The van der Waals surface area contributed by atoms with Crippen LogP contribution in [-0.2, 0) is 20.9 Å². The second kappa shape index (κ2) is 8.33. The molecule has 0 spiro atoms. The zero-order valence-corrected chi connectivity index (χ0v) is 13.7. The van der Waals surface area contributed by atoms with E-state index in [1.807, 2.05) is 12.1 Å². The number of carboxylic acid groups (broad SMARTS) is 1. The number of carbonyl (C=O) groups excluding carboxylic acids is 2. The Morgan fingerprint density at radius 3 is 2.62 bits per heavy atom. The average molecular weight is 334 g/mol. The third kappa shape index (κ3) is 5.26. The Balaban J connectivity index is 1.72. The number of likely N-dealkylation sites (tertiary alicyclic amines) is 1. The molecule has 1 aliphatic heterocycles. The van der Waals surface area contributed by atoms with Crippen LogP contribution in [0.15, 0.2) is 24.3 Å². The van der Waals surface area contributed by atoms with E-state index in [0.29, 0.717) is 31.9 Å². The van der Waals surface area contributed by atoms with Gasteiger partial charge in [-0.1, -0.05) is 12.1 Å². The first-order valence-electron chi connectivity index (χ1n) is 7.91. The van der Waals surface area contributed by atoms with Gasteiger partial charge in [-0.15, -0.1) is 0 Å². The van der Waals surface area contributed by atoms with Crippen molar-refractivity contribution in [3.63, 3.8) is 0 Å².